The highest BCUT2D eigenvalue weighted by Gasteiger charge is 2.29. The van der Waals surface area contributed by atoms with Crippen LogP contribution < -0.4 is 16.6 Å². The van der Waals surface area contributed by atoms with Gasteiger partial charge in [-0.1, -0.05) is 60.7 Å². The third-order valence-corrected chi connectivity index (χ3v) is 10.3. The number of pyridine rings is 2. The Labute approximate surface area is 355 Å². The summed E-state index contributed by atoms with van der Waals surface area (Å²) >= 11 is 0. The predicted molar refractivity (Wildman–Crippen MR) is 227 cm³/mol. The molecule has 3 aromatic carbocycles. The number of amides is 4. The number of halogens is 1. The zero-order valence-corrected chi connectivity index (χ0v) is 33.7. The summed E-state index contributed by atoms with van der Waals surface area (Å²) in [6.07, 6.45) is 4.41. The van der Waals surface area contributed by atoms with E-state index in [0.717, 1.165) is 16.7 Å². The summed E-state index contributed by atoms with van der Waals surface area (Å²) in [7, 11) is 0. The molecule has 318 valence electrons. The molecule has 16 nitrogen and oxygen atoms in total. The Hall–Kier alpha value is -7.53. The fourth-order valence-electron chi connectivity index (χ4n) is 6.94. The van der Waals surface area contributed by atoms with Gasteiger partial charge in [-0.15, -0.1) is 0 Å². The van der Waals surface area contributed by atoms with Gasteiger partial charge >= 0.3 is 6.09 Å². The van der Waals surface area contributed by atoms with Gasteiger partial charge in [0.05, 0.1) is 35.5 Å². The second-order valence-corrected chi connectivity index (χ2v) is 14.4. The van der Waals surface area contributed by atoms with Gasteiger partial charge in [0.1, 0.15) is 19.0 Å². The van der Waals surface area contributed by atoms with Gasteiger partial charge in [-0.25, -0.2) is 19.3 Å². The Kier molecular flexibility index (Phi) is 13.8. The van der Waals surface area contributed by atoms with E-state index in [4.69, 9.17) is 15.2 Å². The lowest BCUT2D eigenvalue weighted by atomic mass is 10.0. The van der Waals surface area contributed by atoms with Crippen LogP contribution in [-0.2, 0) is 27.3 Å². The molecule has 0 spiro atoms. The standard InChI is InChI=1S/C45H44FN9O7/c46-37-13-12-31(24-39-34-10-4-5-11-35(34)42(57)52-51-39)23-36(37)44(59)54-18-16-53(17-19-54)40(56)28-55(45(60)62-29-30-7-2-1-3-8-30)20-22-61-21-15-49-43(58)41-38(47)25-33(27-50-41)32-9-6-14-48-26-32/h1-14,23,25-27H,15-22,24,28-29,47H2,(H,49,58)(H,52,57). The number of ether oxygens (including phenoxy) is 2. The molecule has 4 N–H and O–H groups in total. The summed E-state index contributed by atoms with van der Waals surface area (Å²) in [6, 6.07) is 25.8. The molecular weight excluding hydrogens is 798 g/mol. The Balaban J connectivity index is 0.907. The number of piperazine rings is 1. The van der Waals surface area contributed by atoms with Gasteiger partial charge in [0.25, 0.3) is 17.4 Å². The number of aromatic nitrogens is 4. The average Bonchev–Trinajstić information content (AvgIpc) is 3.30. The fourth-order valence-corrected chi connectivity index (χ4v) is 6.94. The Bertz CT molecular complexity index is 2600. The van der Waals surface area contributed by atoms with E-state index in [1.807, 2.05) is 36.4 Å². The normalized spacial score (nSPS) is 12.5. The molecule has 1 fully saturated rings. The van der Waals surface area contributed by atoms with Crippen molar-refractivity contribution in [2.24, 2.45) is 0 Å². The largest absolute Gasteiger partial charge is 0.445 e. The number of fused-ring (bicyclic) bond motifs is 1. The third kappa shape index (κ3) is 10.6. The van der Waals surface area contributed by atoms with E-state index < -0.39 is 23.7 Å². The number of carbonyl (C=O) groups is 4. The van der Waals surface area contributed by atoms with Gasteiger partial charge in [-0.05, 0) is 41.5 Å². The minimum absolute atomic E-state index is 0.00580. The van der Waals surface area contributed by atoms with Crippen LogP contribution in [0.1, 0.15) is 37.7 Å². The number of nitrogens with zero attached hydrogens (tertiary/aromatic N) is 6. The lowest BCUT2D eigenvalue weighted by Gasteiger charge is -2.36. The molecule has 1 aliphatic heterocycles. The van der Waals surface area contributed by atoms with Crippen molar-refractivity contribution in [3.05, 3.63) is 154 Å². The molecule has 1 saturated heterocycles. The van der Waals surface area contributed by atoms with Crippen molar-refractivity contribution in [1.82, 2.24) is 40.2 Å². The van der Waals surface area contributed by atoms with E-state index in [-0.39, 0.29) is 100 Å². The van der Waals surface area contributed by atoms with Crippen LogP contribution in [0.3, 0.4) is 0 Å². The molecule has 4 heterocycles. The molecule has 0 radical (unpaired) electrons. The summed E-state index contributed by atoms with van der Waals surface area (Å²) in [5.74, 6) is -2.04. The first kappa shape index (κ1) is 42.6. The number of anilines is 1. The maximum absolute atomic E-state index is 15.1. The van der Waals surface area contributed by atoms with Gasteiger partial charge in [-0.2, -0.15) is 5.10 Å². The molecule has 0 unspecified atom stereocenters. The van der Waals surface area contributed by atoms with Crippen LogP contribution in [0.25, 0.3) is 21.9 Å². The molecule has 7 rings (SSSR count). The Morgan fingerprint density at radius 2 is 1.60 bits per heavy atom. The number of carbonyl (C=O) groups excluding carboxylic acids is 4. The molecule has 0 atom stereocenters. The van der Waals surface area contributed by atoms with Crippen molar-refractivity contribution in [2.45, 2.75) is 13.0 Å². The summed E-state index contributed by atoms with van der Waals surface area (Å²) in [6.45, 7) is 0.554. The maximum atomic E-state index is 15.1. The third-order valence-electron chi connectivity index (χ3n) is 10.3. The SMILES string of the molecule is Nc1cc(-c2cccnc2)cnc1C(=O)NCCOCCN(CC(=O)N1CCN(C(=O)c2cc(Cc3n[nH]c(=O)c4ccccc34)ccc2F)CC1)C(=O)OCc1ccccc1. The van der Waals surface area contributed by atoms with Gasteiger partial charge in [0.2, 0.25) is 5.91 Å². The molecule has 4 amide bonds. The summed E-state index contributed by atoms with van der Waals surface area (Å²) in [5, 5.41) is 10.6. The van der Waals surface area contributed by atoms with Crippen molar-refractivity contribution in [2.75, 3.05) is 64.8 Å². The van der Waals surface area contributed by atoms with Crippen molar-refractivity contribution < 1.29 is 33.0 Å². The molecule has 1 aliphatic rings. The van der Waals surface area contributed by atoms with Crippen molar-refractivity contribution >= 4 is 40.3 Å². The molecule has 17 heteroatoms. The lowest BCUT2D eigenvalue weighted by Crippen LogP contribution is -2.53. The summed E-state index contributed by atoms with van der Waals surface area (Å²) < 4.78 is 26.4. The highest BCUT2D eigenvalue weighted by atomic mass is 19.1. The smallest absolute Gasteiger partial charge is 0.410 e. The fraction of sp³-hybridized carbons (Fsp3) is 0.244. The molecule has 0 aliphatic carbocycles. The maximum Gasteiger partial charge on any atom is 0.410 e. The van der Waals surface area contributed by atoms with E-state index in [0.29, 0.717) is 22.0 Å². The van der Waals surface area contributed by atoms with Crippen LogP contribution >= 0.6 is 0 Å². The second kappa shape index (κ2) is 20.2. The van der Waals surface area contributed by atoms with E-state index in [9.17, 15) is 24.0 Å². The Morgan fingerprint density at radius 3 is 2.35 bits per heavy atom. The zero-order chi connectivity index (χ0) is 43.4. The number of hydrogen-bond acceptors (Lipinski definition) is 11. The van der Waals surface area contributed by atoms with Crippen LogP contribution in [0.15, 0.2) is 114 Å². The molecule has 62 heavy (non-hydrogen) atoms. The first-order chi connectivity index (χ1) is 30.1. The van der Waals surface area contributed by atoms with E-state index in [1.165, 1.54) is 21.9 Å². The van der Waals surface area contributed by atoms with E-state index >= 15 is 4.39 Å². The van der Waals surface area contributed by atoms with Crippen molar-refractivity contribution in [3.8, 4) is 11.1 Å². The first-order valence-corrected chi connectivity index (χ1v) is 19.9. The number of benzene rings is 3. The summed E-state index contributed by atoms with van der Waals surface area (Å²) in [5.41, 5.74) is 9.49. The minimum atomic E-state index is -0.718. The second-order valence-electron chi connectivity index (χ2n) is 14.4. The van der Waals surface area contributed by atoms with Crippen LogP contribution in [0.5, 0.6) is 0 Å². The topological polar surface area (TPSA) is 206 Å². The van der Waals surface area contributed by atoms with Gasteiger partial charge in [0.15, 0.2) is 5.69 Å². The number of hydrogen-bond donors (Lipinski definition) is 3. The van der Waals surface area contributed by atoms with Crippen LogP contribution in [0, 0.1) is 5.82 Å². The van der Waals surface area contributed by atoms with Gasteiger partial charge < -0.3 is 30.3 Å². The van der Waals surface area contributed by atoms with E-state index in [2.05, 4.69) is 25.5 Å². The summed E-state index contributed by atoms with van der Waals surface area (Å²) in [4.78, 5) is 78.1. The lowest BCUT2D eigenvalue weighted by molar-refractivity contribution is -0.133. The number of aromatic amines is 1. The van der Waals surface area contributed by atoms with Crippen LogP contribution in [0.4, 0.5) is 14.9 Å². The molecular formula is C45H44FN9O7. The molecule has 0 bridgehead atoms. The average molecular weight is 842 g/mol. The predicted octanol–water partition coefficient (Wildman–Crippen LogP) is 4.06. The van der Waals surface area contributed by atoms with Crippen LogP contribution in [0.2, 0.25) is 0 Å². The highest BCUT2D eigenvalue weighted by Crippen LogP contribution is 2.22. The molecule has 6 aromatic rings. The number of rotatable bonds is 15. The number of nitrogen functional groups attached to an aromatic ring is 1. The van der Waals surface area contributed by atoms with E-state index in [1.54, 1.807) is 66.0 Å². The zero-order valence-electron chi connectivity index (χ0n) is 33.7. The molecule has 0 saturated carbocycles. The highest BCUT2D eigenvalue weighted by molar-refractivity contribution is 5.98. The number of H-pyrrole nitrogens is 1. The monoisotopic (exact) mass is 841 g/mol. The number of nitrogens with two attached hydrogens (primary N) is 1. The van der Waals surface area contributed by atoms with Crippen molar-refractivity contribution in [1.29, 1.82) is 0 Å². The Morgan fingerprint density at radius 1 is 0.839 bits per heavy atom. The number of nitrogens with one attached hydrogen (secondary N) is 2. The minimum Gasteiger partial charge on any atom is -0.445 e. The van der Waals surface area contributed by atoms with Crippen molar-refractivity contribution in [3.63, 3.8) is 0 Å². The van der Waals surface area contributed by atoms with Crippen LogP contribution in [-0.4, -0.2) is 118 Å². The first-order valence-electron chi connectivity index (χ1n) is 19.9. The van der Waals surface area contributed by atoms with Gasteiger partial charge in [-0.3, -0.25) is 29.1 Å². The quantitative estimate of drug-likeness (QED) is 0.126. The molecule has 3 aromatic heterocycles. The van der Waals surface area contributed by atoms with Gasteiger partial charge in [0, 0.05) is 80.8 Å².